The van der Waals surface area contributed by atoms with Crippen molar-refractivity contribution in [3.05, 3.63) is 97.4 Å². The van der Waals surface area contributed by atoms with Crippen molar-refractivity contribution in [1.29, 1.82) is 0 Å². The number of halogens is 11. The number of imidazole rings is 1. The maximum Gasteiger partial charge on any atom is 0.493 e. The number of aromatic nitrogens is 2. The van der Waals surface area contributed by atoms with Gasteiger partial charge in [0.25, 0.3) is 18.2 Å². The minimum Gasteiger partial charge on any atom is -0.341 e. The molecule has 5 rings (SSSR count). The molecule has 18 heteroatoms. The summed E-state index contributed by atoms with van der Waals surface area (Å²) in [4.78, 5) is 39.1. The third kappa shape index (κ3) is 5.35. The van der Waals surface area contributed by atoms with E-state index in [2.05, 4.69) is 10.6 Å². The number of anilines is 1. The molecule has 1 atom stereocenters. The molecule has 4 aromatic rings. The molecule has 1 aliphatic rings. The van der Waals surface area contributed by atoms with Crippen LogP contribution in [-0.4, -0.2) is 27.4 Å². The van der Waals surface area contributed by atoms with Crippen LogP contribution in [0, 0.1) is 11.6 Å². The van der Waals surface area contributed by atoms with Gasteiger partial charge in [0.05, 0.1) is 34.7 Å². The van der Waals surface area contributed by atoms with E-state index < -0.39 is 104 Å². The number of carbonyl (C=O) groups excluding carboxylic acids is 2. The Morgan fingerprint density at radius 1 is 0.977 bits per heavy atom. The lowest BCUT2D eigenvalue weighted by Gasteiger charge is -2.19. The molecule has 1 unspecified atom stereocenters. The highest BCUT2D eigenvalue weighted by Crippen LogP contribution is 2.44. The van der Waals surface area contributed by atoms with Gasteiger partial charge in [-0.2, -0.15) is 13.2 Å². The first-order valence-corrected chi connectivity index (χ1v) is 12.4. The second kappa shape index (κ2) is 10.6. The van der Waals surface area contributed by atoms with Crippen LogP contribution in [0.1, 0.15) is 43.4 Å². The van der Waals surface area contributed by atoms with Gasteiger partial charge < -0.3 is 10.6 Å². The zero-order valence-electron chi connectivity index (χ0n) is 21.2. The highest BCUT2D eigenvalue weighted by Gasteiger charge is 2.43. The first-order chi connectivity index (χ1) is 20.4. The van der Waals surface area contributed by atoms with E-state index in [1.165, 1.54) is 0 Å². The monoisotopic (exact) mass is 654 g/mol. The Bertz CT molecular complexity index is 1910. The van der Waals surface area contributed by atoms with Crippen molar-refractivity contribution in [2.45, 2.75) is 31.5 Å². The number of fused-ring (bicyclic) bond motifs is 3. The van der Waals surface area contributed by atoms with E-state index in [-0.39, 0.29) is 27.3 Å². The number of amides is 2. The van der Waals surface area contributed by atoms with Gasteiger partial charge in [-0.05, 0) is 42.5 Å². The SMILES string of the molecule is O=C(Nc1cc2c(c3c1C(c1cc(F)ccc1Cl)NC3=O)n(C(F)(F)F)c(=O)n2CC(F)F)c1cc(F)cc(C(F)(F)F)c1. The van der Waals surface area contributed by atoms with Crippen molar-refractivity contribution in [1.82, 2.24) is 14.5 Å². The van der Waals surface area contributed by atoms with Gasteiger partial charge in [-0.3, -0.25) is 14.2 Å². The normalized spacial score (nSPS) is 15.2. The summed E-state index contributed by atoms with van der Waals surface area (Å²) in [5.41, 5.74) is -9.10. The van der Waals surface area contributed by atoms with Gasteiger partial charge in [-0.25, -0.2) is 26.9 Å². The zero-order chi connectivity index (χ0) is 32.5. The number of hydrogen-bond donors (Lipinski definition) is 2. The number of rotatable bonds is 5. The van der Waals surface area contributed by atoms with Crippen LogP contribution in [0.2, 0.25) is 5.02 Å². The summed E-state index contributed by atoms with van der Waals surface area (Å²) in [6.45, 7) is -1.59. The van der Waals surface area contributed by atoms with Crippen LogP contribution < -0.4 is 16.3 Å². The summed E-state index contributed by atoms with van der Waals surface area (Å²) in [6, 6.07) is 2.46. The highest BCUT2D eigenvalue weighted by molar-refractivity contribution is 6.31. The molecular formula is C26H13ClF10N4O3. The molecule has 2 N–H and O–H groups in total. The summed E-state index contributed by atoms with van der Waals surface area (Å²) < 4.78 is 136. The highest BCUT2D eigenvalue weighted by atomic mass is 35.5. The van der Waals surface area contributed by atoms with Crippen LogP contribution in [0.25, 0.3) is 11.0 Å². The first-order valence-electron chi connectivity index (χ1n) is 12.0. The van der Waals surface area contributed by atoms with Gasteiger partial charge >= 0.3 is 18.2 Å². The summed E-state index contributed by atoms with van der Waals surface area (Å²) in [7, 11) is 0. The Morgan fingerprint density at radius 2 is 1.66 bits per heavy atom. The van der Waals surface area contributed by atoms with E-state index >= 15 is 0 Å². The second-order valence-electron chi connectivity index (χ2n) is 9.42. The Morgan fingerprint density at radius 3 is 2.27 bits per heavy atom. The molecule has 2 heterocycles. The third-order valence-electron chi connectivity index (χ3n) is 6.63. The number of benzene rings is 3. The Kier molecular flexibility index (Phi) is 7.42. The van der Waals surface area contributed by atoms with Crippen molar-refractivity contribution in [2.75, 3.05) is 5.32 Å². The quantitative estimate of drug-likeness (QED) is 0.239. The van der Waals surface area contributed by atoms with Crippen LogP contribution in [0.15, 0.2) is 47.3 Å². The maximum atomic E-state index is 14.2. The molecular weight excluding hydrogens is 642 g/mol. The number of nitrogens with zero attached hydrogens (tertiary/aromatic N) is 2. The first kappa shape index (κ1) is 30.9. The lowest BCUT2D eigenvalue weighted by atomic mass is 9.95. The molecule has 44 heavy (non-hydrogen) atoms. The molecule has 0 aliphatic carbocycles. The minimum atomic E-state index is -5.56. The van der Waals surface area contributed by atoms with E-state index in [1.54, 1.807) is 0 Å². The maximum absolute atomic E-state index is 14.2. The van der Waals surface area contributed by atoms with Crippen LogP contribution in [-0.2, 0) is 19.0 Å². The largest absolute Gasteiger partial charge is 0.493 e. The molecule has 0 saturated carbocycles. The smallest absolute Gasteiger partial charge is 0.341 e. The van der Waals surface area contributed by atoms with E-state index in [0.29, 0.717) is 12.1 Å². The minimum absolute atomic E-state index is 0.0108. The summed E-state index contributed by atoms with van der Waals surface area (Å²) in [6.07, 6.45) is -14.0. The topological polar surface area (TPSA) is 85.1 Å². The molecule has 232 valence electrons. The molecule has 0 spiro atoms. The van der Waals surface area contributed by atoms with Crippen molar-refractivity contribution < 1.29 is 53.5 Å². The van der Waals surface area contributed by atoms with E-state index in [1.807, 2.05) is 0 Å². The fraction of sp³-hybridized carbons (Fsp3) is 0.192. The fourth-order valence-electron chi connectivity index (χ4n) is 4.93. The summed E-state index contributed by atoms with van der Waals surface area (Å²) in [5, 5.41) is 4.08. The van der Waals surface area contributed by atoms with Crippen LogP contribution in [0.3, 0.4) is 0 Å². The Labute approximate surface area is 242 Å². The molecule has 3 aromatic carbocycles. The Hall–Kier alpha value is -4.54. The van der Waals surface area contributed by atoms with Crippen LogP contribution in [0.5, 0.6) is 0 Å². The van der Waals surface area contributed by atoms with E-state index in [9.17, 15) is 58.3 Å². The van der Waals surface area contributed by atoms with Crippen molar-refractivity contribution in [3.63, 3.8) is 0 Å². The van der Waals surface area contributed by atoms with E-state index in [4.69, 9.17) is 11.6 Å². The lowest BCUT2D eigenvalue weighted by molar-refractivity contribution is -0.203. The van der Waals surface area contributed by atoms with Crippen molar-refractivity contribution in [2.24, 2.45) is 0 Å². The van der Waals surface area contributed by atoms with Gasteiger partial charge in [-0.1, -0.05) is 11.6 Å². The molecule has 0 radical (unpaired) electrons. The molecule has 1 aliphatic heterocycles. The molecule has 0 fully saturated rings. The molecule has 2 amide bonds. The van der Waals surface area contributed by atoms with Gasteiger partial charge in [0.1, 0.15) is 11.6 Å². The predicted molar refractivity (Wildman–Crippen MR) is 134 cm³/mol. The zero-order valence-corrected chi connectivity index (χ0v) is 21.9. The standard InChI is InChI=1S/C26H13ClF10N4O3/c27-14-2-1-11(28)6-13(14)20-18-15(38-22(42)9-3-10(25(32,33)34)5-12(29)4-9)7-16-21(19(18)23(43)39-20)41(26(35,36)37)24(44)40(16)8-17(30)31/h1-7,17,20H,8H2,(H,38,42)(H,39,43). The number of hydrogen-bond acceptors (Lipinski definition) is 3. The van der Waals surface area contributed by atoms with Gasteiger partial charge in [-0.15, -0.1) is 13.2 Å². The average molecular weight is 655 g/mol. The van der Waals surface area contributed by atoms with Crippen molar-refractivity contribution in [3.8, 4) is 0 Å². The Balaban J connectivity index is 1.83. The second-order valence-corrected chi connectivity index (χ2v) is 9.83. The molecule has 1 aromatic heterocycles. The predicted octanol–water partition coefficient (Wildman–Crippen LogP) is 6.58. The summed E-state index contributed by atoms with van der Waals surface area (Å²) >= 11 is 6.15. The van der Waals surface area contributed by atoms with Gasteiger partial charge in [0, 0.05) is 27.4 Å². The fourth-order valence-corrected chi connectivity index (χ4v) is 5.16. The van der Waals surface area contributed by atoms with Crippen LogP contribution >= 0.6 is 11.6 Å². The van der Waals surface area contributed by atoms with E-state index in [0.717, 1.165) is 18.2 Å². The number of alkyl halides is 8. The van der Waals surface area contributed by atoms with Crippen LogP contribution in [0.4, 0.5) is 49.6 Å². The van der Waals surface area contributed by atoms with Gasteiger partial charge in [0.15, 0.2) is 0 Å². The third-order valence-corrected chi connectivity index (χ3v) is 6.97. The van der Waals surface area contributed by atoms with Crippen molar-refractivity contribution >= 4 is 40.1 Å². The van der Waals surface area contributed by atoms with Gasteiger partial charge in [0.2, 0.25) is 0 Å². The average Bonchev–Trinajstić information content (AvgIpc) is 3.38. The lowest BCUT2D eigenvalue weighted by Crippen LogP contribution is -2.33. The number of carbonyl (C=O) groups is 2. The molecule has 0 saturated heterocycles. The molecule has 0 bridgehead atoms. The molecule has 7 nitrogen and oxygen atoms in total. The summed E-state index contributed by atoms with van der Waals surface area (Å²) in [5.74, 6) is -5.21. The number of nitrogens with one attached hydrogen (secondary N) is 2.